The minimum atomic E-state index is 0. The molecule has 2 heterocycles. The van der Waals surface area contributed by atoms with Gasteiger partial charge in [-0.2, -0.15) is 0 Å². The van der Waals surface area contributed by atoms with Gasteiger partial charge in [-0.15, -0.1) is 9.36 Å². The summed E-state index contributed by atoms with van der Waals surface area (Å²) in [5.41, 5.74) is 0. The Hall–Kier alpha value is -0.540. The van der Waals surface area contributed by atoms with Gasteiger partial charge in [0.1, 0.15) is 0 Å². The van der Waals surface area contributed by atoms with Crippen LogP contribution < -0.4 is 9.13 Å². The van der Waals surface area contributed by atoms with Crippen molar-refractivity contribution in [1.29, 1.82) is 0 Å². The van der Waals surface area contributed by atoms with E-state index < -0.39 is 0 Å². The first-order chi connectivity index (χ1) is 8.25. The number of rotatable bonds is 0. The molecule has 2 aromatic rings. The Kier molecular flexibility index (Phi) is 7.09. The van der Waals surface area contributed by atoms with Crippen molar-refractivity contribution in [3.05, 3.63) is 11.6 Å². The maximum absolute atomic E-state index is 4.89. The number of hydrogen-bond donors (Lipinski definition) is 0. The van der Waals surface area contributed by atoms with Gasteiger partial charge in [0.15, 0.2) is 10.3 Å². The van der Waals surface area contributed by atoms with Crippen LogP contribution in [0.3, 0.4) is 0 Å². The topological polar surface area (TPSA) is 43.4 Å². The largest absolute Gasteiger partial charge is 1.00 e. The molecule has 2 aromatic heterocycles. The Bertz CT molecular complexity index is 468. The minimum absolute atomic E-state index is 0. The third kappa shape index (κ3) is 4.22. The third-order valence-electron chi connectivity index (χ3n) is 2.95. The summed E-state index contributed by atoms with van der Waals surface area (Å²) in [6, 6.07) is 0. The second-order valence-electron chi connectivity index (χ2n) is 4.02. The summed E-state index contributed by atoms with van der Waals surface area (Å²) < 4.78 is 7.27. The molecular weight excluding hydrogens is 465 g/mol. The molecule has 9 heteroatoms. The Morgan fingerprint density at radius 3 is 1.16 bits per heavy atom. The van der Waals surface area contributed by atoms with E-state index in [9.17, 15) is 0 Å². The standard InChI is InChI=1S/2C5H9N3S.Au/c2*1-4-7(2)5(9)6-8(4)3;/h2*1-3H3;/q;;+1. The van der Waals surface area contributed by atoms with Crippen LogP contribution >= 0.6 is 0 Å². The fraction of sp³-hybridized carbons (Fsp3) is 0.600. The molecule has 19 heavy (non-hydrogen) atoms. The van der Waals surface area contributed by atoms with Gasteiger partial charge in [0.2, 0.25) is 11.6 Å². The van der Waals surface area contributed by atoms with Crippen molar-refractivity contribution in [2.45, 2.75) is 24.2 Å². The minimum Gasteiger partial charge on any atom is -0.703 e. The molecule has 2 rings (SSSR count). The fourth-order valence-corrected chi connectivity index (χ4v) is 1.76. The predicted molar refractivity (Wildman–Crippen MR) is 69.5 cm³/mol. The molecule has 0 amide bonds. The number of aryl methyl sites for hydroxylation is 2. The summed E-state index contributed by atoms with van der Waals surface area (Å²) in [5.74, 6) is 2.14. The van der Waals surface area contributed by atoms with E-state index in [-0.39, 0.29) is 22.4 Å². The zero-order valence-electron chi connectivity index (χ0n) is 11.8. The van der Waals surface area contributed by atoms with E-state index in [4.69, 9.17) is 25.3 Å². The van der Waals surface area contributed by atoms with Crippen molar-refractivity contribution < 1.29 is 31.5 Å². The van der Waals surface area contributed by atoms with Gasteiger partial charge in [0.25, 0.3) is 0 Å². The molecule has 6 nitrogen and oxygen atoms in total. The van der Waals surface area contributed by atoms with Crippen LogP contribution in [0, 0.1) is 13.8 Å². The molecule has 0 aliphatic rings. The molecule has 0 atom stereocenters. The monoisotopic (exact) mass is 483 g/mol. The second-order valence-corrected chi connectivity index (χ2v) is 4.76. The quantitative estimate of drug-likeness (QED) is 0.272. The van der Waals surface area contributed by atoms with E-state index in [0.29, 0.717) is 10.3 Å². The number of hydrogen-bond acceptors (Lipinski definition) is 4. The van der Waals surface area contributed by atoms with E-state index in [1.807, 2.05) is 51.2 Å². The van der Waals surface area contributed by atoms with Crippen LogP contribution in [0.2, 0.25) is 0 Å². The van der Waals surface area contributed by atoms with Crippen molar-refractivity contribution in [2.24, 2.45) is 28.2 Å². The first-order valence-corrected chi connectivity index (χ1v) is 6.20. The van der Waals surface area contributed by atoms with Gasteiger partial charge in [-0.05, 0) is 0 Å². The molecule has 0 spiro atoms. The maximum atomic E-state index is 4.89. The molecule has 0 N–H and O–H groups in total. The predicted octanol–water partition coefficient (Wildman–Crippen LogP) is -1.08. The summed E-state index contributed by atoms with van der Waals surface area (Å²) in [6.45, 7) is 3.95. The van der Waals surface area contributed by atoms with Gasteiger partial charge < -0.3 is 25.3 Å². The molecule has 0 fully saturated rings. The van der Waals surface area contributed by atoms with Crippen LogP contribution in [0.25, 0.3) is 0 Å². The fourth-order valence-electron chi connectivity index (χ4n) is 1.25. The molecule has 110 valence electrons. The average molecular weight is 483 g/mol. The average Bonchev–Trinajstić information content (AvgIpc) is 2.66. The van der Waals surface area contributed by atoms with E-state index >= 15 is 0 Å². The molecular formula is C10H18AuN6S2+. The molecule has 0 bridgehead atoms. The van der Waals surface area contributed by atoms with Crippen LogP contribution in [0.5, 0.6) is 0 Å². The summed E-state index contributed by atoms with van der Waals surface area (Å²) in [5, 5.41) is 9.28. The number of nitrogens with zero attached hydrogens (tertiary/aromatic N) is 6. The van der Waals surface area contributed by atoms with Crippen LogP contribution in [0.15, 0.2) is 10.3 Å². The summed E-state index contributed by atoms with van der Waals surface area (Å²) in [7, 11) is 7.58. The Morgan fingerprint density at radius 1 is 0.842 bits per heavy atom. The van der Waals surface area contributed by atoms with E-state index in [1.54, 1.807) is 9.36 Å². The SMILES string of the molecule is Cc1n(C)nc([S-])[n+]1C.Cc1n(C)nc([S-])[n+]1C.[Au+]. The van der Waals surface area contributed by atoms with Crippen molar-refractivity contribution in [3.63, 3.8) is 0 Å². The first kappa shape index (κ1) is 18.5. The summed E-state index contributed by atoms with van der Waals surface area (Å²) >= 11 is 9.79. The van der Waals surface area contributed by atoms with Crippen molar-refractivity contribution >= 4 is 25.3 Å². The molecule has 0 radical (unpaired) electrons. The van der Waals surface area contributed by atoms with Gasteiger partial charge >= 0.3 is 22.4 Å². The Labute approximate surface area is 140 Å². The van der Waals surface area contributed by atoms with E-state index in [1.165, 1.54) is 0 Å². The second kappa shape index (κ2) is 7.30. The molecule has 0 aromatic carbocycles. The summed E-state index contributed by atoms with van der Waals surface area (Å²) in [6.07, 6.45) is 0. The van der Waals surface area contributed by atoms with Gasteiger partial charge in [0.05, 0.1) is 28.2 Å². The molecule has 0 unspecified atom stereocenters. The van der Waals surface area contributed by atoms with Crippen LogP contribution in [-0.2, 0) is 75.8 Å². The third-order valence-corrected chi connectivity index (χ3v) is 3.66. The van der Waals surface area contributed by atoms with Crippen molar-refractivity contribution in [3.8, 4) is 0 Å². The first-order valence-electron chi connectivity index (χ1n) is 5.39. The Morgan fingerprint density at radius 2 is 1.11 bits per heavy atom. The summed E-state index contributed by atoms with van der Waals surface area (Å²) in [4.78, 5) is 0. The molecule has 0 saturated carbocycles. The van der Waals surface area contributed by atoms with Crippen molar-refractivity contribution in [2.75, 3.05) is 0 Å². The van der Waals surface area contributed by atoms with Gasteiger partial charge in [-0.1, -0.05) is 0 Å². The van der Waals surface area contributed by atoms with Gasteiger partial charge in [-0.3, -0.25) is 9.13 Å². The van der Waals surface area contributed by atoms with Crippen molar-refractivity contribution in [1.82, 2.24) is 19.6 Å². The van der Waals surface area contributed by atoms with E-state index in [2.05, 4.69) is 10.2 Å². The smallest absolute Gasteiger partial charge is 0.703 e. The normalized spacial score (nSPS) is 9.58. The zero-order chi connectivity index (χ0) is 14.0. The maximum Gasteiger partial charge on any atom is 1.00 e. The van der Waals surface area contributed by atoms with E-state index in [0.717, 1.165) is 11.6 Å². The van der Waals surface area contributed by atoms with Gasteiger partial charge in [-0.25, -0.2) is 0 Å². The molecule has 0 aliphatic carbocycles. The number of aromatic nitrogens is 6. The van der Waals surface area contributed by atoms with Crippen LogP contribution in [-0.4, -0.2) is 19.6 Å². The zero-order valence-corrected chi connectivity index (χ0v) is 15.6. The molecule has 0 aliphatic heterocycles. The van der Waals surface area contributed by atoms with Gasteiger partial charge in [0, 0.05) is 24.0 Å². The van der Waals surface area contributed by atoms with Crippen LogP contribution in [0.1, 0.15) is 11.6 Å². The Balaban J connectivity index is 0.000000324. The van der Waals surface area contributed by atoms with Crippen LogP contribution in [0.4, 0.5) is 0 Å². The molecule has 0 saturated heterocycles.